The SMILES string of the molecule is Cc1cc(-c2nc3ccc(OCCN[C@H](C(=O)O)C(C)O)cc3n2CC2CCOCC2)cn(C)c1=O. The Labute approximate surface area is 209 Å². The average molecular weight is 499 g/mol. The maximum absolute atomic E-state index is 12.3. The van der Waals surface area contributed by atoms with Crippen LogP contribution in [0, 0.1) is 12.8 Å². The van der Waals surface area contributed by atoms with Gasteiger partial charge in [-0.15, -0.1) is 0 Å². The number of hydrogen-bond donors (Lipinski definition) is 3. The van der Waals surface area contributed by atoms with Crippen molar-refractivity contribution < 1.29 is 24.5 Å². The van der Waals surface area contributed by atoms with Crippen molar-refractivity contribution in [3.8, 4) is 17.1 Å². The number of carboxylic acid groups (broad SMARTS) is 1. The Hall–Kier alpha value is -3.21. The van der Waals surface area contributed by atoms with Gasteiger partial charge in [0.2, 0.25) is 0 Å². The van der Waals surface area contributed by atoms with Crippen molar-refractivity contribution >= 4 is 17.0 Å². The van der Waals surface area contributed by atoms with Gasteiger partial charge in [0.05, 0.1) is 17.1 Å². The van der Waals surface area contributed by atoms with Crippen LogP contribution in [0.2, 0.25) is 0 Å². The molecule has 1 unspecified atom stereocenters. The molecule has 1 aromatic carbocycles. The van der Waals surface area contributed by atoms with Gasteiger partial charge in [0.1, 0.15) is 24.2 Å². The van der Waals surface area contributed by atoms with Crippen LogP contribution in [0.1, 0.15) is 25.3 Å². The summed E-state index contributed by atoms with van der Waals surface area (Å²) in [5.41, 5.74) is 3.27. The largest absolute Gasteiger partial charge is 0.492 e. The second-order valence-electron chi connectivity index (χ2n) is 9.44. The summed E-state index contributed by atoms with van der Waals surface area (Å²) in [6.45, 7) is 6.02. The van der Waals surface area contributed by atoms with E-state index in [0.717, 1.165) is 55.0 Å². The highest BCUT2D eigenvalue weighted by Gasteiger charge is 2.22. The third-order valence-corrected chi connectivity index (χ3v) is 6.61. The molecule has 2 aromatic heterocycles. The van der Waals surface area contributed by atoms with Gasteiger partial charge in [0.15, 0.2) is 0 Å². The lowest BCUT2D eigenvalue weighted by Gasteiger charge is -2.23. The number of pyridine rings is 1. The number of aryl methyl sites for hydroxylation is 2. The number of benzene rings is 1. The quantitative estimate of drug-likeness (QED) is 0.362. The molecule has 2 atom stereocenters. The molecule has 194 valence electrons. The highest BCUT2D eigenvalue weighted by atomic mass is 16.5. The zero-order chi connectivity index (χ0) is 25.8. The Kier molecular flexibility index (Phi) is 8.07. The summed E-state index contributed by atoms with van der Waals surface area (Å²) < 4.78 is 15.2. The van der Waals surface area contributed by atoms with E-state index >= 15 is 0 Å². The number of hydrogen-bond acceptors (Lipinski definition) is 7. The van der Waals surface area contributed by atoms with Crippen LogP contribution >= 0.6 is 0 Å². The summed E-state index contributed by atoms with van der Waals surface area (Å²) in [6, 6.07) is 6.53. The lowest BCUT2D eigenvalue weighted by atomic mass is 10.00. The van der Waals surface area contributed by atoms with Crippen molar-refractivity contribution in [1.29, 1.82) is 0 Å². The number of nitrogens with zero attached hydrogens (tertiary/aromatic N) is 3. The summed E-state index contributed by atoms with van der Waals surface area (Å²) in [6.07, 6.45) is 2.75. The van der Waals surface area contributed by atoms with Gasteiger partial charge in [0.25, 0.3) is 5.56 Å². The smallest absolute Gasteiger partial charge is 0.323 e. The molecule has 3 heterocycles. The standard InChI is InChI=1S/C26H34N4O6/c1-16-12-19(15-29(3)25(16)32)24-28-21-5-4-20(36-11-8-27-23(17(2)31)26(33)34)13-22(21)30(24)14-18-6-9-35-10-7-18/h4-5,12-13,15,17-18,23,27,31H,6-11,14H2,1-3H3,(H,33,34)/t17?,23-/m0/s1. The maximum atomic E-state index is 12.3. The summed E-state index contributed by atoms with van der Waals surface area (Å²) >= 11 is 0. The minimum absolute atomic E-state index is 0.0316. The normalized spacial score (nSPS) is 16.2. The summed E-state index contributed by atoms with van der Waals surface area (Å²) in [7, 11) is 1.75. The number of aliphatic hydroxyl groups excluding tert-OH is 1. The van der Waals surface area contributed by atoms with Gasteiger partial charge in [-0.1, -0.05) is 0 Å². The van der Waals surface area contributed by atoms with Gasteiger partial charge >= 0.3 is 5.97 Å². The van der Waals surface area contributed by atoms with E-state index in [2.05, 4.69) is 9.88 Å². The first-order chi connectivity index (χ1) is 17.2. The molecule has 3 N–H and O–H groups in total. The molecule has 1 aliphatic rings. The van der Waals surface area contributed by atoms with Crippen LogP contribution < -0.4 is 15.6 Å². The number of nitrogens with one attached hydrogen (secondary N) is 1. The van der Waals surface area contributed by atoms with E-state index in [-0.39, 0.29) is 18.7 Å². The zero-order valence-electron chi connectivity index (χ0n) is 20.9. The number of fused-ring (bicyclic) bond motifs is 1. The first-order valence-electron chi connectivity index (χ1n) is 12.3. The molecule has 0 bridgehead atoms. The summed E-state index contributed by atoms with van der Waals surface area (Å²) in [5, 5.41) is 21.6. The van der Waals surface area contributed by atoms with Crippen molar-refractivity contribution in [2.75, 3.05) is 26.4 Å². The fraction of sp³-hybridized carbons (Fsp3) is 0.500. The van der Waals surface area contributed by atoms with Crippen LogP contribution in [0.3, 0.4) is 0 Å². The Morgan fingerprint density at radius 2 is 2.06 bits per heavy atom. The van der Waals surface area contributed by atoms with Gasteiger partial charge in [0, 0.05) is 56.7 Å². The van der Waals surface area contributed by atoms with Crippen LogP contribution in [0.15, 0.2) is 35.3 Å². The lowest BCUT2D eigenvalue weighted by Crippen LogP contribution is -2.46. The molecule has 0 aliphatic carbocycles. The molecule has 4 rings (SSSR count). The highest BCUT2D eigenvalue weighted by molar-refractivity contribution is 5.82. The predicted octanol–water partition coefficient (Wildman–Crippen LogP) is 1.94. The highest BCUT2D eigenvalue weighted by Crippen LogP contribution is 2.30. The number of imidazole rings is 1. The van der Waals surface area contributed by atoms with Crippen molar-refractivity contribution in [1.82, 2.24) is 19.4 Å². The van der Waals surface area contributed by atoms with Crippen LogP contribution in [0.5, 0.6) is 5.75 Å². The van der Waals surface area contributed by atoms with Crippen molar-refractivity contribution in [2.45, 2.75) is 45.4 Å². The van der Waals surface area contributed by atoms with Crippen LogP contribution in [-0.2, 0) is 23.1 Å². The molecule has 3 aromatic rings. The topological polar surface area (TPSA) is 128 Å². The van der Waals surface area contributed by atoms with E-state index in [1.807, 2.05) is 37.4 Å². The molecule has 0 saturated carbocycles. The summed E-state index contributed by atoms with van der Waals surface area (Å²) in [4.78, 5) is 28.4. The fourth-order valence-corrected chi connectivity index (χ4v) is 4.63. The van der Waals surface area contributed by atoms with Gasteiger partial charge in [-0.25, -0.2) is 4.98 Å². The third kappa shape index (κ3) is 5.77. The minimum atomic E-state index is -1.11. The monoisotopic (exact) mass is 498 g/mol. The molecular formula is C26H34N4O6. The van der Waals surface area contributed by atoms with Crippen LogP contribution in [0.4, 0.5) is 0 Å². The molecule has 36 heavy (non-hydrogen) atoms. The Morgan fingerprint density at radius 3 is 2.72 bits per heavy atom. The third-order valence-electron chi connectivity index (χ3n) is 6.61. The van der Waals surface area contributed by atoms with Gasteiger partial charge < -0.3 is 28.8 Å². The number of ether oxygens (including phenoxy) is 2. The fourth-order valence-electron chi connectivity index (χ4n) is 4.63. The number of aliphatic carboxylic acids is 1. The van der Waals surface area contributed by atoms with Gasteiger partial charge in [-0.2, -0.15) is 0 Å². The first-order valence-corrected chi connectivity index (χ1v) is 12.3. The average Bonchev–Trinajstić information content (AvgIpc) is 3.20. The number of carboxylic acids is 1. The molecule has 1 saturated heterocycles. The Morgan fingerprint density at radius 1 is 1.31 bits per heavy atom. The van der Waals surface area contributed by atoms with E-state index < -0.39 is 18.1 Å². The zero-order valence-corrected chi connectivity index (χ0v) is 20.9. The molecule has 0 amide bonds. The molecule has 0 spiro atoms. The number of carbonyl (C=O) groups is 1. The minimum Gasteiger partial charge on any atom is -0.492 e. The van der Waals surface area contributed by atoms with Crippen molar-refractivity contribution in [2.24, 2.45) is 13.0 Å². The number of rotatable bonds is 10. The molecular weight excluding hydrogens is 464 g/mol. The molecule has 10 nitrogen and oxygen atoms in total. The van der Waals surface area contributed by atoms with E-state index in [4.69, 9.17) is 14.5 Å². The van der Waals surface area contributed by atoms with Crippen LogP contribution in [-0.4, -0.2) is 68.8 Å². The molecule has 1 fully saturated rings. The number of aliphatic hydroxyl groups is 1. The van der Waals surface area contributed by atoms with E-state index in [1.165, 1.54) is 6.92 Å². The van der Waals surface area contributed by atoms with Gasteiger partial charge in [-0.3, -0.25) is 14.9 Å². The van der Waals surface area contributed by atoms with E-state index in [1.54, 1.807) is 11.6 Å². The summed E-state index contributed by atoms with van der Waals surface area (Å²) in [5.74, 6) is 0.787. The Balaban J connectivity index is 1.62. The maximum Gasteiger partial charge on any atom is 0.323 e. The van der Waals surface area contributed by atoms with Crippen LogP contribution in [0.25, 0.3) is 22.4 Å². The second kappa shape index (κ2) is 11.2. The molecule has 1 aliphatic heterocycles. The van der Waals surface area contributed by atoms with Crippen molar-refractivity contribution in [3.05, 3.63) is 46.4 Å². The second-order valence-corrected chi connectivity index (χ2v) is 9.44. The first kappa shape index (κ1) is 25.9. The molecule has 10 heteroatoms. The lowest BCUT2D eigenvalue weighted by molar-refractivity contribution is -0.142. The predicted molar refractivity (Wildman–Crippen MR) is 135 cm³/mol. The molecule has 0 radical (unpaired) electrons. The van der Waals surface area contributed by atoms with Gasteiger partial charge in [-0.05, 0) is 50.8 Å². The van der Waals surface area contributed by atoms with Crippen molar-refractivity contribution in [3.63, 3.8) is 0 Å². The number of aromatic nitrogens is 3. The van der Waals surface area contributed by atoms with E-state index in [9.17, 15) is 19.8 Å². The van der Waals surface area contributed by atoms with E-state index in [0.29, 0.717) is 17.2 Å². The Bertz CT molecular complexity index is 1250.